The summed E-state index contributed by atoms with van der Waals surface area (Å²) >= 11 is 1.21. The molecule has 140 valence electrons. The van der Waals surface area contributed by atoms with Gasteiger partial charge in [0.25, 0.3) is 0 Å². The van der Waals surface area contributed by atoms with Gasteiger partial charge in [0.15, 0.2) is 5.16 Å². The second-order valence-corrected chi connectivity index (χ2v) is 6.95. The molecule has 0 unspecified atom stereocenters. The van der Waals surface area contributed by atoms with Crippen LogP contribution in [-0.2, 0) is 0 Å². The zero-order chi connectivity index (χ0) is 18.7. The van der Waals surface area contributed by atoms with E-state index in [0.717, 1.165) is 0 Å². The van der Waals surface area contributed by atoms with Gasteiger partial charge in [-0.15, -0.1) is 0 Å². The van der Waals surface area contributed by atoms with Crippen molar-refractivity contribution in [2.45, 2.75) is 10.1 Å². The van der Waals surface area contributed by atoms with Crippen molar-refractivity contribution in [3.8, 4) is 11.8 Å². The maximum Gasteiger partial charge on any atom is 0.236 e. The molecular weight excluding hydrogens is 358 g/mol. The number of hydrogen-bond acceptors (Lipinski definition) is 10. The summed E-state index contributed by atoms with van der Waals surface area (Å²) in [5.41, 5.74) is 5.71. The number of likely N-dealkylation sites (N-methyl/N-ethyl adjacent to an activating group) is 1. The van der Waals surface area contributed by atoms with E-state index in [1.54, 1.807) is 19.3 Å². The van der Waals surface area contributed by atoms with Crippen LogP contribution in [0.2, 0.25) is 0 Å². The highest BCUT2D eigenvalue weighted by Gasteiger charge is 2.26. The lowest BCUT2D eigenvalue weighted by Gasteiger charge is -2.45. The maximum atomic E-state index is 12.0. The van der Waals surface area contributed by atoms with Crippen molar-refractivity contribution >= 4 is 23.5 Å². The fraction of sp³-hybridized carbons (Fsp3) is 0.467. The zero-order valence-corrected chi connectivity index (χ0v) is 15.7. The maximum absolute atomic E-state index is 12.0. The number of anilines is 2. The van der Waals surface area contributed by atoms with Crippen LogP contribution in [-0.4, -0.2) is 72.0 Å². The molecule has 3 heterocycles. The Balaban J connectivity index is 1.91. The van der Waals surface area contributed by atoms with Gasteiger partial charge in [-0.2, -0.15) is 9.97 Å². The van der Waals surface area contributed by atoms with Crippen LogP contribution in [0.3, 0.4) is 0 Å². The summed E-state index contributed by atoms with van der Waals surface area (Å²) in [6.45, 7) is 2.08. The highest BCUT2D eigenvalue weighted by Crippen LogP contribution is 2.39. The second-order valence-electron chi connectivity index (χ2n) is 5.97. The minimum absolute atomic E-state index is 0.258. The van der Waals surface area contributed by atoms with E-state index in [9.17, 15) is 5.21 Å². The molecule has 0 atom stereocenters. The van der Waals surface area contributed by atoms with Crippen LogP contribution in [0.4, 0.5) is 11.8 Å². The number of ether oxygens (including phenoxy) is 2. The fourth-order valence-corrected chi connectivity index (χ4v) is 3.37. The van der Waals surface area contributed by atoms with Crippen molar-refractivity contribution in [2.24, 2.45) is 0 Å². The van der Waals surface area contributed by atoms with E-state index in [1.807, 2.05) is 4.90 Å². The Morgan fingerprint density at radius 2 is 1.77 bits per heavy atom. The van der Waals surface area contributed by atoms with Crippen LogP contribution >= 0.6 is 11.8 Å². The molecule has 0 aromatic carbocycles. The van der Waals surface area contributed by atoms with Crippen molar-refractivity contribution in [1.29, 1.82) is 0 Å². The molecule has 2 aromatic heterocycles. The summed E-state index contributed by atoms with van der Waals surface area (Å²) in [6, 6.07) is 1.61. The van der Waals surface area contributed by atoms with Crippen molar-refractivity contribution in [3.05, 3.63) is 17.5 Å². The van der Waals surface area contributed by atoms with Crippen LogP contribution in [0.25, 0.3) is 0 Å². The molecule has 0 bridgehead atoms. The van der Waals surface area contributed by atoms with Gasteiger partial charge in [0.1, 0.15) is 10.7 Å². The number of nitrogen functional groups attached to an aromatic ring is 1. The third-order valence-electron chi connectivity index (χ3n) is 4.00. The third kappa shape index (κ3) is 4.06. The largest absolute Gasteiger partial charge is 0.633 e. The van der Waals surface area contributed by atoms with E-state index in [-0.39, 0.29) is 4.65 Å². The number of piperazine rings is 1. The SMILES string of the molecule is COc1nc(N2CC[N+](C)([O-])CC2)nc(OC)c1Sc1nccc(N)n1. The number of rotatable bonds is 5. The quantitative estimate of drug-likeness (QED) is 0.453. The van der Waals surface area contributed by atoms with Crippen LogP contribution in [0.1, 0.15) is 0 Å². The molecule has 10 nitrogen and oxygen atoms in total. The molecule has 0 spiro atoms. The number of aromatic nitrogens is 4. The average Bonchev–Trinajstić information content (AvgIpc) is 2.62. The van der Waals surface area contributed by atoms with Gasteiger partial charge in [-0.3, -0.25) is 0 Å². The smallest absolute Gasteiger partial charge is 0.236 e. The zero-order valence-electron chi connectivity index (χ0n) is 14.9. The highest BCUT2D eigenvalue weighted by molar-refractivity contribution is 7.99. The van der Waals surface area contributed by atoms with Crippen molar-refractivity contribution in [1.82, 2.24) is 19.9 Å². The average molecular weight is 379 g/mol. The predicted molar refractivity (Wildman–Crippen MR) is 97.2 cm³/mol. The van der Waals surface area contributed by atoms with E-state index in [2.05, 4.69) is 19.9 Å². The van der Waals surface area contributed by atoms with E-state index in [1.165, 1.54) is 26.0 Å². The summed E-state index contributed by atoms with van der Waals surface area (Å²) in [5, 5.41) is 12.5. The lowest BCUT2D eigenvalue weighted by atomic mass is 10.3. The number of hydrogen-bond donors (Lipinski definition) is 1. The summed E-state index contributed by atoms with van der Waals surface area (Å²) in [4.78, 5) is 19.8. The normalized spacial score (nSPS) is 16.4. The van der Waals surface area contributed by atoms with Crippen LogP contribution in [0.15, 0.2) is 22.3 Å². The Morgan fingerprint density at radius 1 is 1.15 bits per heavy atom. The van der Waals surface area contributed by atoms with Crippen molar-refractivity contribution in [3.63, 3.8) is 0 Å². The topological polar surface area (TPSA) is 122 Å². The molecule has 1 aliphatic heterocycles. The number of hydroxylamine groups is 3. The van der Waals surface area contributed by atoms with Crippen LogP contribution in [0.5, 0.6) is 11.8 Å². The molecule has 0 amide bonds. The van der Waals surface area contributed by atoms with Crippen LogP contribution < -0.4 is 20.1 Å². The van der Waals surface area contributed by atoms with Crippen molar-refractivity contribution < 1.29 is 14.1 Å². The summed E-state index contributed by atoms with van der Waals surface area (Å²) in [6.07, 6.45) is 1.57. The Morgan fingerprint density at radius 3 is 2.31 bits per heavy atom. The molecule has 26 heavy (non-hydrogen) atoms. The van der Waals surface area contributed by atoms with E-state index in [4.69, 9.17) is 15.2 Å². The molecule has 0 aliphatic carbocycles. The fourth-order valence-electron chi connectivity index (χ4n) is 2.49. The lowest BCUT2D eigenvalue weighted by Crippen LogP contribution is -2.54. The van der Waals surface area contributed by atoms with Crippen LogP contribution in [0, 0.1) is 5.21 Å². The number of nitrogens with two attached hydrogens (primary N) is 1. The highest BCUT2D eigenvalue weighted by atomic mass is 32.2. The van der Waals surface area contributed by atoms with Gasteiger partial charge in [0.05, 0.1) is 47.4 Å². The number of nitrogens with zero attached hydrogens (tertiary/aromatic N) is 6. The Hall–Kier alpha value is -2.37. The monoisotopic (exact) mass is 379 g/mol. The second kappa shape index (κ2) is 7.48. The Labute approximate surface area is 155 Å². The molecule has 1 fully saturated rings. The number of methoxy groups -OCH3 is 2. The first-order valence-electron chi connectivity index (χ1n) is 7.99. The van der Waals surface area contributed by atoms with Gasteiger partial charge < -0.3 is 30.0 Å². The third-order valence-corrected chi connectivity index (χ3v) is 4.93. The van der Waals surface area contributed by atoms with Gasteiger partial charge in [0.2, 0.25) is 17.7 Å². The minimum Gasteiger partial charge on any atom is -0.633 e. The molecule has 0 radical (unpaired) electrons. The van der Waals surface area contributed by atoms with Gasteiger partial charge in [-0.25, -0.2) is 9.97 Å². The molecule has 1 aliphatic rings. The Kier molecular flexibility index (Phi) is 5.30. The molecule has 1 saturated heterocycles. The molecule has 2 aromatic rings. The summed E-state index contributed by atoms with van der Waals surface area (Å²) in [5.74, 6) is 1.54. The van der Waals surface area contributed by atoms with E-state index >= 15 is 0 Å². The van der Waals surface area contributed by atoms with Crippen molar-refractivity contribution in [2.75, 3.05) is 58.1 Å². The molecular formula is C15H21N7O3S. The molecule has 0 saturated carbocycles. The van der Waals surface area contributed by atoms with E-state index in [0.29, 0.717) is 59.8 Å². The molecule has 11 heteroatoms. The first-order chi connectivity index (χ1) is 12.4. The van der Waals surface area contributed by atoms with Gasteiger partial charge in [-0.1, -0.05) is 0 Å². The van der Waals surface area contributed by atoms with E-state index < -0.39 is 0 Å². The lowest BCUT2D eigenvalue weighted by molar-refractivity contribution is -0.861. The number of quaternary nitrogens is 1. The molecule has 2 N–H and O–H groups in total. The van der Waals surface area contributed by atoms with Gasteiger partial charge in [-0.05, 0) is 17.8 Å². The summed E-state index contributed by atoms with van der Waals surface area (Å²) in [7, 11) is 4.72. The predicted octanol–water partition coefficient (Wildman–Crippen LogP) is 0.782. The Bertz CT molecular complexity index is 755. The first kappa shape index (κ1) is 18.4. The first-order valence-corrected chi connectivity index (χ1v) is 8.80. The molecule has 3 rings (SSSR count). The standard InChI is InChI=1S/C15H21N7O3S/c1-22(23)8-6-21(7-9-22)14-19-12(24-2)11(13(20-14)25-3)26-15-17-5-4-10(16)18-15/h4-5H,6-9H2,1-3H3,(H2,16,17,18). The minimum atomic E-state index is -0.258. The van der Waals surface area contributed by atoms with Gasteiger partial charge in [0, 0.05) is 6.20 Å². The van der Waals surface area contributed by atoms with Gasteiger partial charge >= 0.3 is 0 Å². The summed E-state index contributed by atoms with van der Waals surface area (Å²) < 4.78 is 10.6.